The maximum atomic E-state index is 14.8. The van der Waals surface area contributed by atoms with E-state index in [-0.39, 0.29) is 29.2 Å². The predicted molar refractivity (Wildman–Crippen MR) is 109 cm³/mol. The molecule has 3 rings (SSSR count). The highest BCUT2D eigenvalue weighted by molar-refractivity contribution is 6.88. The monoisotopic (exact) mass is 403 g/mol. The Kier molecular flexibility index (Phi) is 5.25. The van der Waals surface area contributed by atoms with E-state index in [2.05, 4.69) is 29.9 Å². The highest BCUT2D eigenvalue weighted by Crippen LogP contribution is 2.34. The molecule has 5 nitrogen and oxygen atoms in total. The lowest BCUT2D eigenvalue weighted by Crippen LogP contribution is -2.37. The van der Waals surface area contributed by atoms with Crippen LogP contribution in [0.25, 0.3) is 10.9 Å². The van der Waals surface area contributed by atoms with Crippen molar-refractivity contribution in [1.29, 1.82) is 0 Å². The van der Waals surface area contributed by atoms with Gasteiger partial charge in [0.1, 0.15) is 5.82 Å². The summed E-state index contributed by atoms with van der Waals surface area (Å²) in [5, 5.41) is 4.31. The van der Waals surface area contributed by atoms with Gasteiger partial charge in [0.25, 0.3) is 0 Å². The first-order chi connectivity index (χ1) is 13.1. The van der Waals surface area contributed by atoms with Crippen molar-refractivity contribution in [3.8, 4) is 0 Å². The summed E-state index contributed by atoms with van der Waals surface area (Å²) in [6.45, 7) is 8.25. The van der Waals surface area contributed by atoms with E-state index in [4.69, 9.17) is 4.74 Å². The van der Waals surface area contributed by atoms with Crippen LogP contribution in [-0.4, -0.2) is 30.2 Å². The van der Waals surface area contributed by atoms with Gasteiger partial charge in [0.2, 0.25) is 0 Å². The summed E-state index contributed by atoms with van der Waals surface area (Å²) in [6.07, 6.45) is 2.52. The number of hydrogen-bond acceptors (Lipinski definition) is 4. The van der Waals surface area contributed by atoms with Gasteiger partial charge in [-0.1, -0.05) is 30.9 Å². The second-order valence-corrected chi connectivity index (χ2v) is 12.7. The Hall–Kier alpha value is -2.74. The zero-order valence-electron chi connectivity index (χ0n) is 16.6. The van der Waals surface area contributed by atoms with Crippen LogP contribution in [0.3, 0.4) is 0 Å². The average molecular weight is 404 g/mol. The molecule has 1 N–H and O–H groups in total. The smallest absolute Gasteiger partial charge is 0.357 e. The minimum Gasteiger partial charge on any atom is -0.461 e. The number of esters is 1. The van der Waals surface area contributed by atoms with Crippen LogP contribution in [0.5, 0.6) is 0 Å². The molecule has 3 aromatic rings. The summed E-state index contributed by atoms with van der Waals surface area (Å²) in [6, 6.07) is 5.04. The highest BCUT2D eigenvalue weighted by Gasteiger charge is 2.25. The number of anilines is 2. The Morgan fingerprint density at radius 1 is 1.21 bits per heavy atom. The second kappa shape index (κ2) is 7.35. The largest absolute Gasteiger partial charge is 0.461 e. The Balaban J connectivity index is 2.16. The van der Waals surface area contributed by atoms with Gasteiger partial charge in [-0.2, -0.15) is 0 Å². The molecule has 0 atom stereocenters. The summed E-state index contributed by atoms with van der Waals surface area (Å²) in [5.41, 5.74) is 0.768. The number of rotatable bonds is 5. The van der Waals surface area contributed by atoms with Gasteiger partial charge in [0, 0.05) is 18.6 Å². The molecule has 2 aromatic heterocycles. The molecule has 0 spiro atoms. The summed E-state index contributed by atoms with van der Waals surface area (Å²) in [7, 11) is -0.109. The van der Waals surface area contributed by atoms with Crippen molar-refractivity contribution in [2.24, 2.45) is 7.05 Å². The fourth-order valence-electron chi connectivity index (χ4n) is 3.14. The van der Waals surface area contributed by atoms with E-state index in [9.17, 15) is 13.6 Å². The molecule has 0 amide bonds. The zero-order chi connectivity index (χ0) is 20.6. The van der Waals surface area contributed by atoms with E-state index in [0.29, 0.717) is 5.39 Å². The van der Waals surface area contributed by atoms with Crippen LogP contribution >= 0.6 is 0 Å². The van der Waals surface area contributed by atoms with E-state index in [1.807, 2.05) is 6.07 Å². The quantitative estimate of drug-likeness (QED) is 0.509. The molecule has 0 saturated carbocycles. The van der Waals surface area contributed by atoms with E-state index in [0.717, 1.165) is 11.4 Å². The number of nitrogens with one attached hydrogen (secondary N) is 1. The molecule has 2 heterocycles. The number of fused-ring (bicyclic) bond motifs is 1. The number of hydrogen-bond donors (Lipinski definition) is 1. The van der Waals surface area contributed by atoms with Gasteiger partial charge in [-0.05, 0) is 19.1 Å². The summed E-state index contributed by atoms with van der Waals surface area (Å²) in [5.74, 6) is -1.63. The van der Waals surface area contributed by atoms with Crippen molar-refractivity contribution >= 4 is 41.5 Å². The Bertz CT molecular complexity index is 1060. The van der Waals surface area contributed by atoms with Crippen molar-refractivity contribution < 1.29 is 18.3 Å². The normalized spacial score (nSPS) is 11.7. The number of halogens is 2. The maximum absolute atomic E-state index is 14.8. The van der Waals surface area contributed by atoms with E-state index in [1.165, 1.54) is 16.8 Å². The van der Waals surface area contributed by atoms with Crippen molar-refractivity contribution in [2.75, 3.05) is 11.9 Å². The van der Waals surface area contributed by atoms with Crippen LogP contribution in [0.1, 0.15) is 17.4 Å². The molecule has 0 aliphatic carbocycles. The molecular weight excluding hydrogens is 380 g/mol. The standard InChI is InChI=1S/C20H23F2N3O2Si/c1-6-27-20(26)19-17(13-10-23-11-15(22)18(13)25(19)2)24-16-8-7-12(9-14(16)21)28(3,4)5/h7-11,24H,6H2,1-5H3. The third-order valence-corrected chi connectivity index (χ3v) is 6.66. The zero-order valence-corrected chi connectivity index (χ0v) is 17.6. The molecule has 0 fully saturated rings. The van der Waals surface area contributed by atoms with Crippen molar-refractivity contribution in [3.63, 3.8) is 0 Å². The van der Waals surface area contributed by atoms with Crippen LogP contribution < -0.4 is 10.5 Å². The Labute approximate surface area is 163 Å². The minimum atomic E-state index is -1.67. The first-order valence-electron chi connectivity index (χ1n) is 9.01. The molecule has 0 saturated heterocycles. The Morgan fingerprint density at radius 3 is 2.54 bits per heavy atom. The lowest BCUT2D eigenvalue weighted by Gasteiger charge is -2.18. The van der Waals surface area contributed by atoms with Gasteiger partial charge in [-0.25, -0.2) is 13.6 Å². The number of aromatic nitrogens is 2. The second-order valence-electron chi connectivity index (χ2n) is 7.59. The molecule has 1 aromatic carbocycles. The lowest BCUT2D eigenvalue weighted by molar-refractivity contribution is 0.0517. The SMILES string of the molecule is CCOC(=O)c1c(Nc2ccc([Si](C)(C)C)cc2F)c2cncc(F)c2n1C. The number of ether oxygens (including phenoxy) is 1. The maximum Gasteiger partial charge on any atom is 0.357 e. The molecule has 0 bridgehead atoms. The number of carbonyl (C=O) groups excluding carboxylic acids is 1. The first-order valence-corrected chi connectivity index (χ1v) is 12.5. The third-order valence-electron chi connectivity index (χ3n) is 4.61. The number of carbonyl (C=O) groups is 1. The lowest BCUT2D eigenvalue weighted by atomic mass is 10.2. The fourth-order valence-corrected chi connectivity index (χ4v) is 4.28. The molecule has 8 heteroatoms. The van der Waals surface area contributed by atoms with Crippen LogP contribution in [0.15, 0.2) is 30.6 Å². The minimum absolute atomic E-state index is 0.109. The average Bonchev–Trinajstić information content (AvgIpc) is 2.89. The van der Waals surface area contributed by atoms with Crippen LogP contribution in [0.2, 0.25) is 19.6 Å². The number of benzene rings is 1. The van der Waals surface area contributed by atoms with E-state index in [1.54, 1.807) is 20.0 Å². The van der Waals surface area contributed by atoms with Gasteiger partial charge in [-0.15, -0.1) is 0 Å². The molecule has 0 aliphatic rings. The molecule has 0 aliphatic heterocycles. The molecule has 148 valence electrons. The van der Waals surface area contributed by atoms with Crippen molar-refractivity contribution in [2.45, 2.75) is 26.6 Å². The third kappa shape index (κ3) is 3.51. The van der Waals surface area contributed by atoms with Gasteiger partial charge in [0.05, 0.1) is 37.8 Å². The number of aryl methyl sites for hydroxylation is 1. The predicted octanol–water partition coefficient (Wildman–Crippen LogP) is 4.32. The van der Waals surface area contributed by atoms with Gasteiger partial charge in [0.15, 0.2) is 11.5 Å². The first kappa shape index (κ1) is 20.0. The molecular formula is C20H23F2N3O2Si. The van der Waals surface area contributed by atoms with Crippen LogP contribution in [-0.2, 0) is 11.8 Å². The fraction of sp³-hybridized carbons (Fsp3) is 0.300. The number of pyridine rings is 1. The van der Waals surface area contributed by atoms with Gasteiger partial charge >= 0.3 is 5.97 Å². The molecule has 0 radical (unpaired) electrons. The van der Waals surface area contributed by atoms with Gasteiger partial charge in [-0.3, -0.25) is 4.98 Å². The molecule has 28 heavy (non-hydrogen) atoms. The van der Waals surface area contributed by atoms with Crippen molar-refractivity contribution in [3.05, 3.63) is 47.9 Å². The summed E-state index contributed by atoms with van der Waals surface area (Å²) >= 11 is 0. The van der Waals surface area contributed by atoms with Crippen LogP contribution in [0, 0.1) is 11.6 Å². The Morgan fingerprint density at radius 2 is 1.93 bits per heavy atom. The van der Waals surface area contributed by atoms with E-state index >= 15 is 0 Å². The van der Waals surface area contributed by atoms with Crippen molar-refractivity contribution in [1.82, 2.24) is 9.55 Å². The number of nitrogens with zero attached hydrogens (tertiary/aromatic N) is 2. The van der Waals surface area contributed by atoms with Crippen LogP contribution in [0.4, 0.5) is 20.2 Å². The van der Waals surface area contributed by atoms with Gasteiger partial charge < -0.3 is 14.6 Å². The van der Waals surface area contributed by atoms with E-state index < -0.39 is 25.7 Å². The molecule has 0 unspecified atom stereocenters. The highest BCUT2D eigenvalue weighted by atomic mass is 28.3. The summed E-state index contributed by atoms with van der Waals surface area (Å²) < 4.78 is 35.7. The topological polar surface area (TPSA) is 56.1 Å². The summed E-state index contributed by atoms with van der Waals surface area (Å²) in [4.78, 5) is 16.4.